The standard InChI is InChI=1S/C24H22FN3O4/c1-11-12-3-2-4-13-15-9-28-19(21(15)27-18(20(12)13)8-17(11)25)7-14-16(23(28)29)10-32-24(30)22(14)31-6-5-26/h7-8,22H,2-6,9-10,26H2,1H3. The largest absolute Gasteiger partial charge is 0.458 e. The minimum atomic E-state index is -0.990. The zero-order valence-electron chi connectivity index (χ0n) is 17.7. The molecular formula is C24H22FN3O4. The van der Waals surface area contributed by atoms with Gasteiger partial charge in [0.25, 0.3) is 5.56 Å². The van der Waals surface area contributed by atoms with E-state index < -0.39 is 12.1 Å². The Bertz CT molecular complexity index is 1390. The predicted octanol–water partition coefficient (Wildman–Crippen LogP) is 2.43. The van der Waals surface area contributed by atoms with Crippen LogP contribution in [-0.4, -0.2) is 28.7 Å². The summed E-state index contributed by atoms with van der Waals surface area (Å²) in [5, 5.41) is 1.03. The second kappa shape index (κ2) is 6.95. The van der Waals surface area contributed by atoms with Gasteiger partial charge in [-0.3, -0.25) is 4.79 Å². The highest BCUT2D eigenvalue weighted by Crippen LogP contribution is 2.42. The lowest BCUT2D eigenvalue weighted by molar-refractivity contribution is -0.161. The minimum absolute atomic E-state index is 0.0804. The molecule has 0 spiro atoms. The highest BCUT2D eigenvalue weighted by atomic mass is 19.1. The van der Waals surface area contributed by atoms with E-state index in [1.807, 2.05) is 13.0 Å². The van der Waals surface area contributed by atoms with Crippen LogP contribution in [-0.2, 0) is 40.3 Å². The first-order valence-electron chi connectivity index (χ1n) is 10.9. The van der Waals surface area contributed by atoms with Crippen LogP contribution in [0.25, 0.3) is 22.3 Å². The van der Waals surface area contributed by atoms with Crippen molar-refractivity contribution in [3.8, 4) is 11.4 Å². The van der Waals surface area contributed by atoms with Gasteiger partial charge in [0.15, 0.2) is 6.10 Å². The maximum Gasteiger partial charge on any atom is 0.340 e. The Morgan fingerprint density at radius 3 is 2.84 bits per heavy atom. The number of cyclic esters (lactones) is 1. The van der Waals surface area contributed by atoms with Crippen LogP contribution in [0.1, 0.15) is 45.9 Å². The van der Waals surface area contributed by atoms with Crippen LogP contribution < -0.4 is 11.3 Å². The van der Waals surface area contributed by atoms with Crippen molar-refractivity contribution in [1.82, 2.24) is 9.55 Å². The number of pyridine rings is 2. The zero-order chi connectivity index (χ0) is 22.1. The lowest BCUT2D eigenvalue weighted by Gasteiger charge is -2.25. The van der Waals surface area contributed by atoms with E-state index >= 15 is 0 Å². The smallest absolute Gasteiger partial charge is 0.340 e. The molecule has 7 nitrogen and oxygen atoms in total. The fourth-order valence-corrected chi connectivity index (χ4v) is 5.39. The maximum absolute atomic E-state index is 14.6. The monoisotopic (exact) mass is 435 g/mol. The molecule has 1 aromatic carbocycles. The number of nitrogens with two attached hydrogens (primary N) is 1. The third kappa shape index (κ3) is 2.56. The second-order valence-electron chi connectivity index (χ2n) is 8.63. The number of aromatic nitrogens is 2. The van der Waals surface area contributed by atoms with Crippen molar-refractivity contribution in [3.05, 3.63) is 61.7 Å². The summed E-state index contributed by atoms with van der Waals surface area (Å²) in [6, 6.07) is 3.30. The van der Waals surface area contributed by atoms with Gasteiger partial charge in [0.1, 0.15) is 12.4 Å². The summed E-state index contributed by atoms with van der Waals surface area (Å²) in [6.07, 6.45) is 1.64. The summed E-state index contributed by atoms with van der Waals surface area (Å²) in [7, 11) is 0. The molecule has 1 unspecified atom stereocenters. The van der Waals surface area contributed by atoms with Crippen molar-refractivity contribution in [1.29, 1.82) is 0 Å². The van der Waals surface area contributed by atoms with E-state index in [4.69, 9.17) is 20.2 Å². The van der Waals surface area contributed by atoms with Crippen molar-refractivity contribution >= 4 is 16.9 Å². The van der Waals surface area contributed by atoms with E-state index in [2.05, 4.69) is 0 Å². The molecule has 3 aromatic rings. The number of halogens is 1. The fraction of sp³-hybridized carbons (Fsp3) is 0.375. The van der Waals surface area contributed by atoms with Gasteiger partial charge in [-0.2, -0.15) is 0 Å². The van der Waals surface area contributed by atoms with Gasteiger partial charge in [-0.25, -0.2) is 14.2 Å². The molecule has 3 aliphatic rings. The highest BCUT2D eigenvalue weighted by molar-refractivity contribution is 5.92. The Hall–Kier alpha value is -3.10. The van der Waals surface area contributed by atoms with Crippen LogP contribution in [0.15, 0.2) is 16.9 Å². The number of benzene rings is 1. The first-order valence-corrected chi connectivity index (χ1v) is 10.9. The molecule has 2 aromatic heterocycles. The lowest BCUT2D eigenvalue weighted by Crippen LogP contribution is -2.34. The normalized spacial score (nSPS) is 18.3. The van der Waals surface area contributed by atoms with Crippen molar-refractivity contribution in [2.24, 2.45) is 5.73 Å². The molecule has 164 valence electrons. The van der Waals surface area contributed by atoms with Crippen molar-refractivity contribution < 1.29 is 18.7 Å². The van der Waals surface area contributed by atoms with Gasteiger partial charge >= 0.3 is 5.97 Å². The topological polar surface area (TPSA) is 96.4 Å². The average molecular weight is 435 g/mol. The summed E-state index contributed by atoms with van der Waals surface area (Å²) in [5.41, 5.74) is 12.0. The number of carbonyl (C=O) groups is 1. The summed E-state index contributed by atoms with van der Waals surface area (Å²) in [5.74, 6) is -0.788. The van der Waals surface area contributed by atoms with Crippen LogP contribution in [0.5, 0.6) is 0 Å². The van der Waals surface area contributed by atoms with E-state index in [0.29, 0.717) is 40.1 Å². The third-order valence-electron chi connectivity index (χ3n) is 6.92. The molecule has 0 fully saturated rings. The molecule has 0 amide bonds. The molecular weight excluding hydrogens is 413 g/mol. The number of carbonyl (C=O) groups excluding carboxylic acids is 1. The molecule has 0 radical (unpaired) electrons. The van der Waals surface area contributed by atoms with Gasteiger partial charge in [-0.05, 0) is 48.9 Å². The van der Waals surface area contributed by atoms with Crippen LogP contribution in [0.4, 0.5) is 4.39 Å². The number of hydrogen-bond donors (Lipinski definition) is 1. The molecule has 0 saturated heterocycles. The Morgan fingerprint density at radius 2 is 2.03 bits per heavy atom. The first kappa shape index (κ1) is 19.6. The van der Waals surface area contributed by atoms with Crippen molar-refractivity contribution in [2.45, 2.75) is 45.4 Å². The van der Waals surface area contributed by atoms with Gasteiger partial charge in [0.05, 0.1) is 35.6 Å². The summed E-state index contributed by atoms with van der Waals surface area (Å²) < 4.78 is 27.2. The average Bonchev–Trinajstić information content (AvgIpc) is 3.16. The van der Waals surface area contributed by atoms with Gasteiger partial charge in [0, 0.05) is 29.1 Å². The summed E-state index contributed by atoms with van der Waals surface area (Å²) >= 11 is 0. The van der Waals surface area contributed by atoms with Crippen LogP contribution in [0.3, 0.4) is 0 Å². The third-order valence-corrected chi connectivity index (χ3v) is 6.92. The number of nitrogens with zero attached hydrogens (tertiary/aromatic N) is 2. The van der Waals surface area contributed by atoms with Crippen LogP contribution in [0, 0.1) is 12.7 Å². The van der Waals surface area contributed by atoms with Crippen LogP contribution >= 0.6 is 0 Å². The minimum Gasteiger partial charge on any atom is -0.458 e. The molecule has 0 bridgehead atoms. The number of esters is 1. The number of rotatable bonds is 3. The lowest BCUT2D eigenvalue weighted by atomic mass is 9.85. The van der Waals surface area contributed by atoms with Gasteiger partial charge in [-0.15, -0.1) is 0 Å². The van der Waals surface area contributed by atoms with E-state index in [1.54, 1.807) is 4.57 Å². The molecule has 2 aliphatic heterocycles. The molecule has 0 saturated carbocycles. The van der Waals surface area contributed by atoms with E-state index in [0.717, 1.165) is 41.3 Å². The molecule has 1 atom stereocenters. The first-order chi connectivity index (χ1) is 15.5. The Balaban J connectivity index is 1.61. The quantitative estimate of drug-likeness (QED) is 0.497. The van der Waals surface area contributed by atoms with Crippen molar-refractivity contribution in [3.63, 3.8) is 0 Å². The zero-order valence-corrected chi connectivity index (χ0v) is 17.7. The van der Waals surface area contributed by atoms with Crippen molar-refractivity contribution in [2.75, 3.05) is 13.2 Å². The Labute approximate surface area is 183 Å². The molecule has 4 heterocycles. The Morgan fingerprint density at radius 1 is 1.22 bits per heavy atom. The highest BCUT2D eigenvalue weighted by Gasteiger charge is 2.36. The van der Waals surface area contributed by atoms with E-state index in [-0.39, 0.29) is 31.1 Å². The van der Waals surface area contributed by atoms with E-state index in [1.165, 1.54) is 6.07 Å². The van der Waals surface area contributed by atoms with Gasteiger partial charge in [-0.1, -0.05) is 0 Å². The number of fused-ring (bicyclic) bond motifs is 5. The van der Waals surface area contributed by atoms with Gasteiger partial charge < -0.3 is 19.8 Å². The fourth-order valence-electron chi connectivity index (χ4n) is 5.39. The Kier molecular flexibility index (Phi) is 4.25. The predicted molar refractivity (Wildman–Crippen MR) is 115 cm³/mol. The van der Waals surface area contributed by atoms with E-state index in [9.17, 15) is 14.0 Å². The molecule has 32 heavy (non-hydrogen) atoms. The maximum atomic E-state index is 14.6. The molecule has 2 N–H and O–H groups in total. The molecule has 1 aliphatic carbocycles. The molecule has 6 rings (SSSR count). The number of ether oxygens (including phenoxy) is 2. The van der Waals surface area contributed by atoms with Gasteiger partial charge in [0.2, 0.25) is 0 Å². The molecule has 8 heteroatoms. The number of hydrogen-bond acceptors (Lipinski definition) is 6. The summed E-state index contributed by atoms with van der Waals surface area (Å²) in [6.45, 7) is 2.56. The SMILES string of the molecule is Cc1c(F)cc2nc3c(c4c2c1CCC4)Cn1c-3cc2c(c1=O)COC(=O)C2OCCN. The van der Waals surface area contributed by atoms with Crippen LogP contribution in [0.2, 0.25) is 0 Å². The second-order valence-corrected chi connectivity index (χ2v) is 8.63. The number of aryl methyl sites for hydroxylation is 2. The summed E-state index contributed by atoms with van der Waals surface area (Å²) in [4.78, 5) is 30.6.